The topological polar surface area (TPSA) is 20.2 Å². The molecule has 0 radical (unpaired) electrons. The van der Waals surface area contributed by atoms with E-state index in [2.05, 4.69) is 30.9 Å². The Balaban J connectivity index is 2.54. The van der Waals surface area contributed by atoms with E-state index in [1.165, 1.54) is 20.2 Å². The van der Waals surface area contributed by atoms with Gasteiger partial charge in [0.2, 0.25) is 0 Å². The van der Waals surface area contributed by atoms with Gasteiger partial charge in [-0.25, -0.2) is 0 Å². The molecule has 0 unspecified atom stereocenters. The molecule has 0 saturated carbocycles. The molecule has 1 aromatic rings. The Bertz CT molecular complexity index is 379. The van der Waals surface area contributed by atoms with Gasteiger partial charge < -0.3 is 0 Å². The van der Waals surface area contributed by atoms with Crippen LogP contribution in [0.1, 0.15) is 38.5 Å². The van der Waals surface area contributed by atoms with Crippen LogP contribution in [0.4, 0.5) is 0 Å². The zero-order chi connectivity index (χ0) is 12.0. The van der Waals surface area contributed by atoms with Crippen molar-refractivity contribution in [3.8, 4) is 11.8 Å². The fourth-order valence-corrected chi connectivity index (χ4v) is 5.76. The predicted octanol–water partition coefficient (Wildman–Crippen LogP) is 2.42. The first-order valence-electron chi connectivity index (χ1n) is 5.49. The van der Waals surface area contributed by atoms with Crippen molar-refractivity contribution in [2.24, 2.45) is 0 Å². The quantitative estimate of drug-likeness (QED) is 0.503. The first kappa shape index (κ1) is 14.1. The average Bonchev–Trinajstić information content (AvgIpc) is 2.62. The van der Waals surface area contributed by atoms with Crippen molar-refractivity contribution >= 4 is 35.2 Å². The third-order valence-corrected chi connectivity index (χ3v) is 6.72. The maximum absolute atomic E-state index is 9.50. The standard InChI is InChI=1S/C13H18OSTe/c1-4-5-10-16-12-7-6-11(15-12)8-9-13(2,3)14/h6-7,14H,4-5,10H2,1-3H3. The molecule has 1 heterocycles. The van der Waals surface area contributed by atoms with E-state index >= 15 is 0 Å². The summed E-state index contributed by atoms with van der Waals surface area (Å²) in [7, 11) is 0. The van der Waals surface area contributed by atoms with E-state index in [4.69, 9.17) is 0 Å². The number of hydrogen-bond donors (Lipinski definition) is 1. The van der Waals surface area contributed by atoms with Crippen LogP contribution in [0.3, 0.4) is 0 Å². The number of aliphatic hydroxyl groups is 1. The Labute approximate surface area is 112 Å². The zero-order valence-electron chi connectivity index (χ0n) is 10.0. The van der Waals surface area contributed by atoms with Crippen molar-refractivity contribution in [2.75, 3.05) is 0 Å². The molecule has 88 valence electrons. The minimum atomic E-state index is -0.886. The Morgan fingerprint density at radius 3 is 2.81 bits per heavy atom. The van der Waals surface area contributed by atoms with Crippen LogP contribution in [0.5, 0.6) is 0 Å². The van der Waals surface area contributed by atoms with Crippen LogP contribution < -0.4 is 2.93 Å². The minimum absolute atomic E-state index is 0.0136. The monoisotopic (exact) mass is 352 g/mol. The van der Waals surface area contributed by atoms with Crippen LogP contribution in [0.2, 0.25) is 4.47 Å². The van der Waals surface area contributed by atoms with Gasteiger partial charge in [-0.15, -0.1) is 0 Å². The number of hydrogen-bond acceptors (Lipinski definition) is 2. The molecule has 1 N–H and O–H groups in total. The third-order valence-electron chi connectivity index (χ3n) is 1.82. The molecule has 0 saturated heterocycles. The van der Waals surface area contributed by atoms with Gasteiger partial charge in [0.1, 0.15) is 0 Å². The van der Waals surface area contributed by atoms with Gasteiger partial charge in [0.15, 0.2) is 0 Å². The summed E-state index contributed by atoms with van der Waals surface area (Å²) in [6.45, 7) is 5.66. The van der Waals surface area contributed by atoms with Crippen molar-refractivity contribution in [1.29, 1.82) is 0 Å². The normalized spacial score (nSPS) is 11.0. The van der Waals surface area contributed by atoms with E-state index in [1.54, 1.807) is 25.2 Å². The molecule has 0 aliphatic rings. The Hall–Kier alpha value is 0.00961. The SMILES string of the molecule is CCCC[Te]c1ccc(C#CC(C)(C)O)s1. The maximum atomic E-state index is 9.50. The van der Waals surface area contributed by atoms with E-state index in [-0.39, 0.29) is 20.9 Å². The Morgan fingerprint density at radius 2 is 2.19 bits per heavy atom. The molecule has 16 heavy (non-hydrogen) atoms. The van der Waals surface area contributed by atoms with E-state index in [0.717, 1.165) is 4.88 Å². The summed E-state index contributed by atoms with van der Waals surface area (Å²) >= 11 is 1.81. The summed E-state index contributed by atoms with van der Waals surface area (Å²) in [5, 5.41) is 9.50. The first-order chi connectivity index (χ1) is 7.51. The van der Waals surface area contributed by atoms with E-state index < -0.39 is 5.60 Å². The molecule has 0 amide bonds. The predicted molar refractivity (Wildman–Crippen MR) is 72.6 cm³/mol. The number of unbranched alkanes of at least 4 members (excludes halogenated alkanes) is 1. The molecule has 1 aromatic heterocycles. The van der Waals surface area contributed by atoms with Crippen LogP contribution in [-0.2, 0) is 0 Å². The summed E-state index contributed by atoms with van der Waals surface area (Å²) in [6.07, 6.45) is 2.65. The van der Waals surface area contributed by atoms with E-state index in [0.29, 0.717) is 0 Å². The summed E-state index contributed by atoms with van der Waals surface area (Å²) in [5.41, 5.74) is -0.886. The fourth-order valence-electron chi connectivity index (χ4n) is 0.997. The van der Waals surface area contributed by atoms with Crippen molar-refractivity contribution in [3.05, 3.63) is 17.0 Å². The van der Waals surface area contributed by atoms with Crippen LogP contribution in [-0.4, -0.2) is 31.6 Å². The van der Waals surface area contributed by atoms with Crippen LogP contribution in [0.25, 0.3) is 0 Å². The second kappa shape index (κ2) is 6.67. The molecule has 0 atom stereocenters. The van der Waals surface area contributed by atoms with Gasteiger partial charge in [-0.2, -0.15) is 0 Å². The van der Waals surface area contributed by atoms with E-state index in [9.17, 15) is 5.11 Å². The first-order valence-corrected chi connectivity index (χ1v) is 9.12. The second-order valence-corrected chi connectivity index (χ2v) is 9.26. The molecule has 0 bridgehead atoms. The Morgan fingerprint density at radius 1 is 1.44 bits per heavy atom. The molecule has 0 aliphatic heterocycles. The average molecular weight is 350 g/mol. The van der Waals surface area contributed by atoms with Gasteiger partial charge in [-0.3, -0.25) is 0 Å². The molecule has 0 aliphatic carbocycles. The molecule has 0 spiro atoms. The fraction of sp³-hybridized carbons (Fsp3) is 0.538. The van der Waals surface area contributed by atoms with Crippen molar-refractivity contribution in [3.63, 3.8) is 0 Å². The molecular formula is C13H18OSTe. The zero-order valence-corrected chi connectivity index (χ0v) is 13.2. The summed E-state index contributed by atoms with van der Waals surface area (Å²) < 4.78 is 2.92. The Kier molecular flexibility index (Phi) is 5.87. The van der Waals surface area contributed by atoms with Crippen LogP contribution >= 0.6 is 11.3 Å². The van der Waals surface area contributed by atoms with Gasteiger partial charge in [0.05, 0.1) is 0 Å². The molecule has 0 aromatic carbocycles. The summed E-state index contributed by atoms with van der Waals surface area (Å²) in [6, 6.07) is 4.28. The van der Waals surface area contributed by atoms with Gasteiger partial charge in [-0.05, 0) is 0 Å². The van der Waals surface area contributed by atoms with Gasteiger partial charge in [0.25, 0.3) is 0 Å². The third kappa shape index (κ3) is 5.92. The summed E-state index contributed by atoms with van der Waals surface area (Å²) in [4.78, 5) is 1.08. The van der Waals surface area contributed by atoms with Crippen LogP contribution in [0, 0.1) is 11.8 Å². The molecule has 3 heteroatoms. The van der Waals surface area contributed by atoms with Crippen molar-refractivity contribution < 1.29 is 5.11 Å². The van der Waals surface area contributed by atoms with E-state index in [1.807, 2.05) is 0 Å². The molecular weight excluding hydrogens is 332 g/mol. The second-order valence-electron chi connectivity index (χ2n) is 4.13. The molecule has 1 rings (SSSR count). The van der Waals surface area contributed by atoms with Crippen LogP contribution in [0.15, 0.2) is 12.1 Å². The van der Waals surface area contributed by atoms with Gasteiger partial charge in [0, 0.05) is 0 Å². The number of thiophene rings is 1. The molecule has 0 fully saturated rings. The number of rotatable bonds is 4. The molecule has 1 nitrogen and oxygen atoms in total. The van der Waals surface area contributed by atoms with Gasteiger partial charge in [-0.1, -0.05) is 0 Å². The van der Waals surface area contributed by atoms with Gasteiger partial charge >= 0.3 is 113 Å². The van der Waals surface area contributed by atoms with Crippen molar-refractivity contribution in [1.82, 2.24) is 0 Å². The van der Waals surface area contributed by atoms with Crippen molar-refractivity contribution in [2.45, 2.75) is 43.7 Å². The summed E-state index contributed by atoms with van der Waals surface area (Å²) in [5.74, 6) is 5.88.